The van der Waals surface area contributed by atoms with E-state index in [1.807, 2.05) is 0 Å². The summed E-state index contributed by atoms with van der Waals surface area (Å²) in [5, 5.41) is 29.3. The molecule has 0 aromatic heterocycles. The number of benzene rings is 2. The number of hydrogen-bond acceptors (Lipinski definition) is 6. The van der Waals surface area contributed by atoms with Gasteiger partial charge in [-0.3, -0.25) is 4.79 Å². The van der Waals surface area contributed by atoms with E-state index in [4.69, 9.17) is 9.47 Å². The third-order valence-electron chi connectivity index (χ3n) is 3.65. The zero-order valence-electron chi connectivity index (χ0n) is 11.7. The molecule has 0 amide bonds. The fourth-order valence-corrected chi connectivity index (χ4v) is 2.66. The van der Waals surface area contributed by atoms with Crippen molar-refractivity contribution in [3.63, 3.8) is 0 Å². The number of hydrogen-bond donors (Lipinski definition) is 3. The van der Waals surface area contributed by atoms with Crippen LogP contribution in [-0.2, 0) is 4.79 Å². The molecule has 0 bridgehead atoms. The molecule has 0 radical (unpaired) electrons. The average Bonchev–Trinajstić information content (AvgIpc) is 2.46. The van der Waals surface area contributed by atoms with Crippen molar-refractivity contribution in [3.8, 4) is 28.7 Å². The molecular formula is C16H14O6. The summed E-state index contributed by atoms with van der Waals surface area (Å²) in [4.78, 5) is 11.8. The number of carbonyl (C=O) groups excluding carboxylic acids is 1. The predicted octanol–water partition coefficient (Wildman–Crippen LogP) is 2.25. The maximum atomic E-state index is 11.8. The van der Waals surface area contributed by atoms with E-state index < -0.39 is 11.9 Å². The lowest BCUT2D eigenvalue weighted by molar-refractivity contribution is -0.135. The minimum Gasteiger partial charge on any atom is -0.508 e. The molecule has 1 aliphatic rings. The van der Waals surface area contributed by atoms with Crippen LogP contribution in [-0.4, -0.2) is 28.4 Å². The highest BCUT2D eigenvalue weighted by Crippen LogP contribution is 2.46. The molecule has 0 unspecified atom stereocenters. The Labute approximate surface area is 126 Å². The summed E-state index contributed by atoms with van der Waals surface area (Å²) in [5.41, 5.74) is 1.11. The second-order valence-electron chi connectivity index (χ2n) is 5.04. The smallest absolute Gasteiger partial charge is 0.312 e. The van der Waals surface area contributed by atoms with Crippen LogP contribution in [0.25, 0.3) is 0 Å². The highest BCUT2D eigenvalue weighted by atomic mass is 16.5. The first kappa shape index (κ1) is 14.1. The van der Waals surface area contributed by atoms with Gasteiger partial charge in [0.05, 0.1) is 13.5 Å². The largest absolute Gasteiger partial charge is 0.508 e. The molecule has 3 rings (SSSR count). The summed E-state index contributed by atoms with van der Waals surface area (Å²) in [6.45, 7) is 0. The number of rotatable bonds is 2. The van der Waals surface area contributed by atoms with E-state index in [2.05, 4.69) is 0 Å². The fraction of sp³-hybridized carbons (Fsp3) is 0.188. The van der Waals surface area contributed by atoms with Gasteiger partial charge in [-0.25, -0.2) is 0 Å². The van der Waals surface area contributed by atoms with Crippen molar-refractivity contribution in [1.29, 1.82) is 0 Å². The van der Waals surface area contributed by atoms with Gasteiger partial charge < -0.3 is 24.8 Å². The summed E-state index contributed by atoms with van der Waals surface area (Å²) < 4.78 is 10.2. The second kappa shape index (κ2) is 5.14. The van der Waals surface area contributed by atoms with Crippen LogP contribution in [0, 0.1) is 0 Å². The van der Waals surface area contributed by atoms with Crippen LogP contribution in [0.2, 0.25) is 0 Å². The van der Waals surface area contributed by atoms with Gasteiger partial charge in [0, 0.05) is 23.6 Å². The molecule has 6 heteroatoms. The Kier molecular flexibility index (Phi) is 3.29. The van der Waals surface area contributed by atoms with Crippen LogP contribution in [0.15, 0.2) is 30.3 Å². The van der Waals surface area contributed by atoms with Gasteiger partial charge in [0.15, 0.2) is 11.5 Å². The number of methoxy groups -OCH3 is 1. The van der Waals surface area contributed by atoms with Gasteiger partial charge in [-0.2, -0.15) is 0 Å². The highest BCUT2D eigenvalue weighted by Gasteiger charge is 2.32. The van der Waals surface area contributed by atoms with Gasteiger partial charge in [-0.1, -0.05) is 6.07 Å². The van der Waals surface area contributed by atoms with Crippen LogP contribution in [0.3, 0.4) is 0 Å². The molecule has 22 heavy (non-hydrogen) atoms. The average molecular weight is 302 g/mol. The highest BCUT2D eigenvalue weighted by molar-refractivity contribution is 5.79. The van der Waals surface area contributed by atoms with E-state index in [1.165, 1.54) is 25.3 Å². The number of carbonyl (C=O) groups is 1. The number of ether oxygens (including phenoxy) is 2. The Morgan fingerprint density at radius 3 is 2.64 bits per heavy atom. The minimum atomic E-state index is -0.463. The lowest BCUT2D eigenvalue weighted by Gasteiger charge is -2.26. The summed E-state index contributed by atoms with van der Waals surface area (Å²) in [6.07, 6.45) is 0.0409. The molecule has 1 heterocycles. The van der Waals surface area contributed by atoms with E-state index in [9.17, 15) is 20.1 Å². The van der Waals surface area contributed by atoms with E-state index in [0.717, 1.165) is 0 Å². The number of esters is 1. The topological polar surface area (TPSA) is 96.2 Å². The first-order chi connectivity index (χ1) is 10.5. The molecule has 0 fully saturated rings. The predicted molar refractivity (Wildman–Crippen MR) is 76.5 cm³/mol. The van der Waals surface area contributed by atoms with Gasteiger partial charge in [0.25, 0.3) is 0 Å². The van der Waals surface area contributed by atoms with Gasteiger partial charge in [0.1, 0.15) is 17.2 Å². The van der Waals surface area contributed by atoms with E-state index in [0.29, 0.717) is 11.1 Å². The van der Waals surface area contributed by atoms with Crippen molar-refractivity contribution in [3.05, 3.63) is 41.5 Å². The van der Waals surface area contributed by atoms with E-state index in [1.54, 1.807) is 12.1 Å². The molecule has 1 aliphatic heterocycles. The summed E-state index contributed by atoms with van der Waals surface area (Å²) in [7, 11) is 1.43. The lowest BCUT2D eigenvalue weighted by atomic mass is 9.85. The van der Waals surface area contributed by atoms with Crippen molar-refractivity contribution < 1.29 is 29.6 Å². The minimum absolute atomic E-state index is 0.0141. The standard InChI is InChI=1S/C16H14O6/c1-21-13-4-8(2-3-11(13)18)10-7-15(20)22-14-6-9(17)5-12(19)16(10)14/h2-6,10,17-19H,7H2,1H3/t10-/m0/s1. The molecule has 3 N–H and O–H groups in total. The van der Waals surface area contributed by atoms with Gasteiger partial charge in [-0.05, 0) is 17.7 Å². The first-order valence-electron chi connectivity index (χ1n) is 6.63. The molecule has 114 valence electrons. The lowest BCUT2D eigenvalue weighted by Crippen LogP contribution is -2.21. The number of fused-ring (bicyclic) bond motifs is 1. The summed E-state index contributed by atoms with van der Waals surface area (Å²) in [5.74, 6) is -0.866. The van der Waals surface area contributed by atoms with Crippen molar-refractivity contribution >= 4 is 5.97 Å². The zero-order chi connectivity index (χ0) is 15.9. The number of aromatic hydroxyl groups is 3. The maximum Gasteiger partial charge on any atom is 0.312 e. The fourth-order valence-electron chi connectivity index (χ4n) is 2.66. The molecule has 0 aliphatic carbocycles. The normalized spacial score (nSPS) is 16.8. The molecule has 6 nitrogen and oxygen atoms in total. The van der Waals surface area contributed by atoms with Crippen molar-refractivity contribution in [2.75, 3.05) is 7.11 Å². The van der Waals surface area contributed by atoms with Crippen molar-refractivity contribution in [1.82, 2.24) is 0 Å². The van der Waals surface area contributed by atoms with Crippen LogP contribution in [0.1, 0.15) is 23.5 Å². The van der Waals surface area contributed by atoms with Crippen LogP contribution < -0.4 is 9.47 Å². The van der Waals surface area contributed by atoms with Crippen molar-refractivity contribution in [2.24, 2.45) is 0 Å². The quantitative estimate of drug-likeness (QED) is 0.581. The summed E-state index contributed by atoms with van der Waals surface area (Å²) in [6, 6.07) is 7.20. The third kappa shape index (κ3) is 2.28. The molecular weight excluding hydrogens is 288 g/mol. The van der Waals surface area contributed by atoms with Crippen LogP contribution in [0.5, 0.6) is 28.7 Å². The second-order valence-corrected chi connectivity index (χ2v) is 5.04. The first-order valence-corrected chi connectivity index (χ1v) is 6.63. The monoisotopic (exact) mass is 302 g/mol. The summed E-state index contributed by atoms with van der Waals surface area (Å²) >= 11 is 0. The van der Waals surface area contributed by atoms with Crippen LogP contribution >= 0.6 is 0 Å². The number of phenols is 3. The Hall–Kier alpha value is -2.89. The Balaban J connectivity index is 2.15. The molecule has 1 atom stereocenters. The van der Waals surface area contributed by atoms with E-state index >= 15 is 0 Å². The molecule has 2 aromatic carbocycles. The molecule has 0 saturated carbocycles. The van der Waals surface area contributed by atoms with Gasteiger partial charge in [-0.15, -0.1) is 0 Å². The SMILES string of the molecule is COc1cc([C@@H]2CC(=O)Oc3cc(O)cc(O)c32)ccc1O. The van der Waals surface area contributed by atoms with E-state index in [-0.39, 0.29) is 35.2 Å². The number of phenolic OH excluding ortho intramolecular Hbond substituents is 3. The van der Waals surface area contributed by atoms with Gasteiger partial charge >= 0.3 is 5.97 Å². The van der Waals surface area contributed by atoms with Crippen molar-refractivity contribution in [2.45, 2.75) is 12.3 Å². The van der Waals surface area contributed by atoms with Gasteiger partial charge in [0.2, 0.25) is 0 Å². The third-order valence-corrected chi connectivity index (χ3v) is 3.65. The Bertz CT molecular complexity index is 753. The molecule has 0 spiro atoms. The molecule has 0 saturated heterocycles. The zero-order valence-corrected chi connectivity index (χ0v) is 11.7. The molecule has 2 aromatic rings. The Morgan fingerprint density at radius 1 is 1.14 bits per heavy atom. The maximum absolute atomic E-state index is 11.8. The Morgan fingerprint density at radius 2 is 1.91 bits per heavy atom. The van der Waals surface area contributed by atoms with Crippen LogP contribution in [0.4, 0.5) is 0 Å².